The van der Waals surface area contributed by atoms with Crippen molar-refractivity contribution >= 4 is 74.2 Å². The first-order valence-electron chi connectivity index (χ1n) is 15.5. The minimum Gasteiger partial charge on any atom is -0.504 e. The number of alkyl halides is 3. The van der Waals surface area contributed by atoms with Gasteiger partial charge in [0.05, 0.1) is 29.6 Å². The number of aromatic hydroxyl groups is 1. The van der Waals surface area contributed by atoms with Gasteiger partial charge in [0.2, 0.25) is 11.8 Å². The number of ketones is 1. The molecule has 1 N–H and O–H groups in total. The molecule has 3 fully saturated rings. The Morgan fingerprint density at radius 2 is 1.62 bits per heavy atom. The summed E-state index contributed by atoms with van der Waals surface area (Å²) in [7, 11) is 0. The van der Waals surface area contributed by atoms with Crippen LogP contribution in [0.1, 0.15) is 47.2 Å². The van der Waals surface area contributed by atoms with Gasteiger partial charge in [-0.25, -0.2) is 0 Å². The van der Waals surface area contributed by atoms with E-state index in [1.165, 1.54) is 6.07 Å². The number of carbonyl (C=O) groups is 5. The van der Waals surface area contributed by atoms with E-state index in [1.54, 1.807) is 67.6 Å². The molecule has 2 aliphatic heterocycles. The summed E-state index contributed by atoms with van der Waals surface area (Å²) in [5.74, 6) is -5.70. The molecule has 4 aliphatic rings. The number of phenolic OH excluding ortho intramolecular Hbond substituents is 1. The van der Waals surface area contributed by atoms with E-state index in [9.17, 15) is 29.1 Å². The maximum atomic E-state index is 14.3. The largest absolute Gasteiger partial charge is 0.504 e. The van der Waals surface area contributed by atoms with Crippen molar-refractivity contribution in [1.82, 2.24) is 4.90 Å². The van der Waals surface area contributed by atoms with E-state index in [2.05, 4.69) is 15.9 Å². The van der Waals surface area contributed by atoms with Gasteiger partial charge in [-0.1, -0.05) is 64.0 Å². The Morgan fingerprint density at radius 3 is 2.29 bits per heavy atom. The van der Waals surface area contributed by atoms with Crippen LogP contribution >= 0.6 is 39.1 Å². The summed E-state index contributed by atoms with van der Waals surface area (Å²) in [6.45, 7) is 2.01. The highest BCUT2D eigenvalue weighted by atomic mass is 79.9. The van der Waals surface area contributed by atoms with Crippen molar-refractivity contribution in [2.24, 2.45) is 17.8 Å². The van der Waals surface area contributed by atoms with E-state index < -0.39 is 57.0 Å². The average Bonchev–Trinajstić information content (AvgIpc) is 3.43. The lowest BCUT2D eigenvalue weighted by Crippen LogP contribution is -2.60. The molecule has 2 heterocycles. The molecule has 6 atom stereocenters. The third-order valence-electron chi connectivity index (χ3n) is 10.1. The van der Waals surface area contributed by atoms with Gasteiger partial charge >= 0.3 is 0 Å². The average molecular weight is 752 g/mol. The topological polar surface area (TPSA) is 121 Å². The molecule has 0 spiro atoms. The number of hydrogen-bond donors (Lipinski definition) is 1. The number of phenols is 1. The number of ether oxygens (including phenoxy) is 1. The number of amides is 4. The number of hydrogen-bond acceptors (Lipinski definition) is 7. The fraction of sp³-hybridized carbons (Fsp3) is 0.306. The highest BCUT2D eigenvalue weighted by Crippen LogP contribution is 2.65. The Labute approximate surface area is 294 Å². The molecule has 3 aromatic rings. The second-order valence-electron chi connectivity index (χ2n) is 12.4. The van der Waals surface area contributed by atoms with Crippen LogP contribution in [0.3, 0.4) is 0 Å². The number of fused-ring (bicyclic) bond motifs is 4. The lowest BCUT2D eigenvalue weighted by atomic mass is 9.56. The Morgan fingerprint density at radius 1 is 0.938 bits per heavy atom. The molecule has 1 saturated carbocycles. The van der Waals surface area contributed by atoms with Crippen LogP contribution < -0.4 is 9.64 Å². The zero-order valence-electron chi connectivity index (χ0n) is 25.6. The Kier molecular flexibility index (Phi) is 8.04. The second-order valence-corrected chi connectivity index (χ2v) is 14.1. The summed E-state index contributed by atoms with van der Waals surface area (Å²) in [5.41, 5.74) is 2.20. The van der Waals surface area contributed by atoms with Crippen molar-refractivity contribution in [2.75, 3.05) is 17.0 Å². The maximum Gasteiger partial charge on any atom is 0.254 e. The minimum atomic E-state index is -1.97. The third-order valence-corrected chi connectivity index (χ3v) is 12.0. The van der Waals surface area contributed by atoms with Gasteiger partial charge < -0.3 is 9.84 Å². The molecule has 9 nitrogen and oxygen atoms in total. The molecule has 3 aromatic carbocycles. The molecule has 246 valence electrons. The van der Waals surface area contributed by atoms with E-state index in [1.807, 2.05) is 12.1 Å². The van der Waals surface area contributed by atoms with E-state index in [4.69, 9.17) is 27.9 Å². The Balaban J connectivity index is 1.29. The normalized spacial score (nSPS) is 29.4. The van der Waals surface area contributed by atoms with Gasteiger partial charge in [-0.05, 0) is 67.6 Å². The predicted octanol–water partition coefficient (Wildman–Crippen LogP) is 5.94. The highest BCUT2D eigenvalue weighted by Gasteiger charge is 2.76. The summed E-state index contributed by atoms with van der Waals surface area (Å²) in [4.78, 5) is 67.3. The SMILES string of the molecule is CCOc1cc([C@H]2C3=CC[C@@H]4C(=O)N(c5ccc(C(=O)c6ccccc6)cc5)C(=O)[C@@H]4[C@@H]3C[C@@]3(Cl)C(=O)N(CBr)C(=O)[C@@]23Cl)ccc1O. The van der Waals surface area contributed by atoms with Crippen LogP contribution in [-0.2, 0) is 19.2 Å². The van der Waals surface area contributed by atoms with Gasteiger partial charge in [-0.2, -0.15) is 0 Å². The maximum absolute atomic E-state index is 14.3. The fourth-order valence-electron chi connectivity index (χ4n) is 7.88. The van der Waals surface area contributed by atoms with Crippen molar-refractivity contribution < 1.29 is 33.8 Å². The Bertz CT molecular complexity index is 1920. The van der Waals surface area contributed by atoms with E-state index in [0.717, 1.165) is 9.80 Å². The van der Waals surface area contributed by atoms with Crippen LogP contribution in [-0.4, -0.2) is 61.2 Å². The number of anilines is 1. The van der Waals surface area contributed by atoms with Gasteiger partial charge in [0.15, 0.2) is 27.0 Å². The number of halogens is 3. The molecule has 0 radical (unpaired) electrons. The molecule has 7 rings (SSSR count). The quantitative estimate of drug-likeness (QED) is 0.104. The molecule has 2 saturated heterocycles. The molecular weight excluding hydrogens is 723 g/mol. The molecule has 0 unspecified atom stereocenters. The van der Waals surface area contributed by atoms with Gasteiger partial charge in [-0.15, -0.1) is 23.2 Å². The predicted molar refractivity (Wildman–Crippen MR) is 181 cm³/mol. The smallest absolute Gasteiger partial charge is 0.254 e. The van der Waals surface area contributed by atoms with E-state index in [-0.39, 0.29) is 42.2 Å². The van der Waals surface area contributed by atoms with Crippen LogP contribution in [0, 0.1) is 17.8 Å². The molecule has 48 heavy (non-hydrogen) atoms. The molecule has 0 bridgehead atoms. The standard InChI is InChI=1S/C36H29BrCl2N2O7/c1-2-48-27-16-21(10-15-26(27)42)29-23-13-14-24-28(25(23)17-35(38)33(46)40(18-37)34(47)36(29,35)39)32(45)41(31(24)44)22-11-8-20(9-12-22)30(43)19-6-4-3-5-7-19/h3-13,15-16,24-25,28-29,42H,2,14,17-18H2,1H3/t24-,25+,28-,29-,35+,36-/m0/s1. The summed E-state index contributed by atoms with van der Waals surface area (Å²) < 4.78 is 5.63. The molecule has 2 aliphatic carbocycles. The first kappa shape index (κ1) is 32.6. The van der Waals surface area contributed by atoms with Crippen molar-refractivity contribution in [3.63, 3.8) is 0 Å². The summed E-state index contributed by atoms with van der Waals surface area (Å²) in [6.07, 6.45) is 1.89. The second kappa shape index (κ2) is 11.9. The molecule has 12 heteroatoms. The first-order valence-corrected chi connectivity index (χ1v) is 17.4. The third kappa shape index (κ3) is 4.52. The number of likely N-dealkylation sites (tertiary alicyclic amines) is 1. The van der Waals surface area contributed by atoms with E-state index >= 15 is 0 Å². The number of rotatable bonds is 7. The van der Waals surface area contributed by atoms with Crippen molar-refractivity contribution in [1.29, 1.82) is 0 Å². The van der Waals surface area contributed by atoms with Crippen molar-refractivity contribution in [3.8, 4) is 11.5 Å². The number of imide groups is 2. The van der Waals surface area contributed by atoms with Crippen molar-refractivity contribution in [3.05, 3.63) is 101 Å². The van der Waals surface area contributed by atoms with Gasteiger partial charge in [0.1, 0.15) is 0 Å². The minimum absolute atomic E-state index is 0.119. The van der Waals surface area contributed by atoms with Gasteiger partial charge in [-0.3, -0.25) is 33.8 Å². The van der Waals surface area contributed by atoms with Crippen LogP contribution in [0.15, 0.2) is 84.4 Å². The highest BCUT2D eigenvalue weighted by molar-refractivity contribution is 9.09. The molecule has 0 aromatic heterocycles. The van der Waals surface area contributed by atoms with Gasteiger partial charge in [0, 0.05) is 17.0 Å². The Hall–Kier alpha value is -3.99. The first-order chi connectivity index (χ1) is 23.0. The lowest BCUT2D eigenvalue weighted by Gasteiger charge is -2.50. The zero-order chi connectivity index (χ0) is 34.1. The number of carbonyl (C=O) groups excluding carboxylic acids is 5. The number of benzene rings is 3. The van der Waals surface area contributed by atoms with Crippen LogP contribution in [0.25, 0.3) is 0 Å². The lowest BCUT2D eigenvalue weighted by molar-refractivity contribution is -0.138. The summed E-state index contributed by atoms with van der Waals surface area (Å²) >= 11 is 17.8. The zero-order valence-corrected chi connectivity index (χ0v) is 28.7. The molecule has 4 amide bonds. The van der Waals surface area contributed by atoms with Crippen LogP contribution in [0.5, 0.6) is 11.5 Å². The van der Waals surface area contributed by atoms with Crippen LogP contribution in [0.2, 0.25) is 0 Å². The summed E-state index contributed by atoms with van der Waals surface area (Å²) in [5, 5.41) is 10.5. The van der Waals surface area contributed by atoms with Crippen molar-refractivity contribution in [2.45, 2.75) is 35.4 Å². The van der Waals surface area contributed by atoms with Gasteiger partial charge in [0.25, 0.3) is 11.8 Å². The number of allylic oxidation sites excluding steroid dienone is 2. The van der Waals surface area contributed by atoms with Crippen LogP contribution in [0.4, 0.5) is 5.69 Å². The van der Waals surface area contributed by atoms with E-state index in [0.29, 0.717) is 28.0 Å². The summed E-state index contributed by atoms with van der Waals surface area (Å²) in [6, 6.07) is 19.7. The number of nitrogens with zero attached hydrogens (tertiary/aromatic N) is 2. The fourth-order valence-corrected chi connectivity index (χ4v) is 9.31. The molecular formula is C36H29BrCl2N2O7. The monoisotopic (exact) mass is 750 g/mol.